The van der Waals surface area contributed by atoms with Gasteiger partial charge in [-0.05, 0) is 44.6 Å². The summed E-state index contributed by atoms with van der Waals surface area (Å²) in [5.41, 5.74) is 0.985. The number of nitrogens with one attached hydrogen (secondary N) is 1. The lowest BCUT2D eigenvalue weighted by molar-refractivity contribution is -0.141. The van der Waals surface area contributed by atoms with Crippen LogP contribution in [0.4, 0.5) is 0 Å². The van der Waals surface area contributed by atoms with Gasteiger partial charge in [-0.15, -0.1) is 0 Å². The summed E-state index contributed by atoms with van der Waals surface area (Å²) in [7, 11) is 0. The number of benzene rings is 1. The number of para-hydroxylation sites is 1. The Morgan fingerprint density at radius 2 is 1.92 bits per heavy atom. The Balaban J connectivity index is 2.13. The van der Waals surface area contributed by atoms with Crippen molar-refractivity contribution in [3.63, 3.8) is 0 Å². The Morgan fingerprint density at radius 3 is 2.52 bits per heavy atom. The SMILES string of the molecule is CCOc1ccccc1C(CC(C)C)NC(=O)[C@@H]1CC[C@H](C(=O)O)C1. The summed E-state index contributed by atoms with van der Waals surface area (Å²) in [5.74, 6) is -0.234. The molecule has 1 aromatic rings. The van der Waals surface area contributed by atoms with Crippen LogP contribution in [0, 0.1) is 17.8 Å². The zero-order valence-corrected chi connectivity index (χ0v) is 15.3. The Bertz CT molecular complexity index is 599. The zero-order chi connectivity index (χ0) is 18.4. The third kappa shape index (κ3) is 5.21. The van der Waals surface area contributed by atoms with Crippen molar-refractivity contribution in [1.82, 2.24) is 5.32 Å². The Labute approximate surface area is 149 Å². The largest absolute Gasteiger partial charge is 0.494 e. The predicted octanol–water partition coefficient (Wildman–Crippen LogP) is 3.79. The van der Waals surface area contributed by atoms with Gasteiger partial charge in [0.1, 0.15) is 5.75 Å². The molecule has 0 aromatic heterocycles. The van der Waals surface area contributed by atoms with Crippen LogP contribution < -0.4 is 10.1 Å². The average Bonchev–Trinajstić information content (AvgIpc) is 3.05. The molecule has 2 rings (SSSR count). The molecule has 1 saturated carbocycles. The number of aliphatic carboxylic acids is 1. The van der Waals surface area contributed by atoms with Crippen LogP contribution in [0.1, 0.15) is 58.1 Å². The zero-order valence-electron chi connectivity index (χ0n) is 15.3. The van der Waals surface area contributed by atoms with Crippen molar-refractivity contribution in [3.8, 4) is 5.75 Å². The minimum absolute atomic E-state index is 0.0410. The van der Waals surface area contributed by atoms with Gasteiger partial charge in [0.2, 0.25) is 5.91 Å². The van der Waals surface area contributed by atoms with E-state index in [4.69, 9.17) is 9.84 Å². The van der Waals surface area contributed by atoms with Crippen LogP contribution >= 0.6 is 0 Å². The standard InChI is InChI=1S/C20H29NO4/c1-4-25-18-8-6-5-7-16(18)17(11-13(2)3)21-19(22)14-9-10-15(12-14)20(23)24/h5-8,13-15,17H,4,9-12H2,1-3H3,(H,21,22)(H,23,24)/t14-,15+,17?/m1/s1. The Hall–Kier alpha value is -2.04. The van der Waals surface area contributed by atoms with Gasteiger partial charge in [-0.3, -0.25) is 9.59 Å². The van der Waals surface area contributed by atoms with Gasteiger partial charge in [-0.2, -0.15) is 0 Å². The summed E-state index contributed by atoms with van der Waals surface area (Å²) in [4.78, 5) is 23.8. The van der Waals surface area contributed by atoms with Crippen LogP contribution in [0.5, 0.6) is 5.75 Å². The molecule has 138 valence electrons. The molecule has 0 radical (unpaired) electrons. The lowest BCUT2D eigenvalue weighted by atomic mass is 9.95. The number of hydrogen-bond donors (Lipinski definition) is 2. The van der Waals surface area contributed by atoms with Gasteiger partial charge < -0.3 is 15.2 Å². The number of hydrogen-bond acceptors (Lipinski definition) is 3. The summed E-state index contributed by atoms with van der Waals surface area (Å²) in [6, 6.07) is 7.67. The molecule has 1 fully saturated rings. The van der Waals surface area contributed by atoms with Crippen LogP contribution in [-0.2, 0) is 9.59 Å². The van der Waals surface area contributed by atoms with E-state index in [1.807, 2.05) is 31.2 Å². The molecule has 1 aliphatic rings. The molecule has 0 spiro atoms. The lowest BCUT2D eigenvalue weighted by Gasteiger charge is -2.25. The van der Waals surface area contributed by atoms with E-state index in [9.17, 15) is 9.59 Å². The summed E-state index contributed by atoms with van der Waals surface area (Å²) in [5, 5.41) is 12.3. The normalized spacial score (nSPS) is 21.1. The van der Waals surface area contributed by atoms with E-state index in [-0.39, 0.29) is 17.9 Å². The number of amides is 1. The van der Waals surface area contributed by atoms with E-state index in [1.165, 1.54) is 0 Å². The molecule has 1 unspecified atom stereocenters. The molecule has 3 atom stereocenters. The third-order valence-electron chi connectivity index (χ3n) is 4.77. The van der Waals surface area contributed by atoms with E-state index in [2.05, 4.69) is 19.2 Å². The fourth-order valence-corrected chi connectivity index (χ4v) is 3.52. The van der Waals surface area contributed by atoms with Crippen molar-refractivity contribution in [3.05, 3.63) is 29.8 Å². The van der Waals surface area contributed by atoms with Gasteiger partial charge in [0.15, 0.2) is 0 Å². The average molecular weight is 347 g/mol. The first-order valence-corrected chi connectivity index (χ1v) is 9.17. The number of rotatable bonds is 8. The van der Waals surface area contributed by atoms with Crippen molar-refractivity contribution in [2.45, 2.75) is 52.5 Å². The van der Waals surface area contributed by atoms with E-state index in [0.717, 1.165) is 17.7 Å². The van der Waals surface area contributed by atoms with Crippen LogP contribution in [0.3, 0.4) is 0 Å². The molecule has 1 amide bonds. The molecule has 0 heterocycles. The highest BCUT2D eigenvalue weighted by atomic mass is 16.5. The van der Waals surface area contributed by atoms with Crippen LogP contribution in [0.25, 0.3) is 0 Å². The molecule has 5 nitrogen and oxygen atoms in total. The molecule has 2 N–H and O–H groups in total. The summed E-state index contributed by atoms with van der Waals surface area (Å²) in [6.07, 6.45) is 2.47. The number of carbonyl (C=O) groups excluding carboxylic acids is 1. The first-order valence-electron chi connectivity index (χ1n) is 9.17. The molecule has 25 heavy (non-hydrogen) atoms. The number of ether oxygens (including phenoxy) is 1. The second kappa shape index (κ2) is 8.88. The number of carboxylic acids is 1. The quantitative estimate of drug-likeness (QED) is 0.750. The van der Waals surface area contributed by atoms with E-state index < -0.39 is 11.9 Å². The third-order valence-corrected chi connectivity index (χ3v) is 4.77. The lowest BCUT2D eigenvalue weighted by Crippen LogP contribution is -2.34. The minimum atomic E-state index is -0.796. The van der Waals surface area contributed by atoms with Crippen LogP contribution in [0.2, 0.25) is 0 Å². The molecule has 0 saturated heterocycles. The second-order valence-corrected chi connectivity index (χ2v) is 7.21. The first kappa shape index (κ1) is 19.3. The van der Waals surface area contributed by atoms with Crippen molar-refractivity contribution in [2.75, 3.05) is 6.61 Å². The van der Waals surface area contributed by atoms with E-state index in [0.29, 0.717) is 31.8 Å². The molecule has 0 bridgehead atoms. The van der Waals surface area contributed by atoms with Crippen LogP contribution in [-0.4, -0.2) is 23.6 Å². The summed E-state index contributed by atoms with van der Waals surface area (Å²) in [6.45, 7) is 6.76. The smallest absolute Gasteiger partial charge is 0.306 e. The maximum Gasteiger partial charge on any atom is 0.306 e. The highest BCUT2D eigenvalue weighted by Crippen LogP contribution is 2.34. The van der Waals surface area contributed by atoms with Gasteiger partial charge in [-0.1, -0.05) is 32.0 Å². The first-order chi connectivity index (χ1) is 11.9. The minimum Gasteiger partial charge on any atom is -0.494 e. The number of carbonyl (C=O) groups is 2. The highest BCUT2D eigenvalue weighted by Gasteiger charge is 2.35. The van der Waals surface area contributed by atoms with Crippen molar-refractivity contribution < 1.29 is 19.4 Å². The monoisotopic (exact) mass is 347 g/mol. The van der Waals surface area contributed by atoms with Crippen molar-refractivity contribution in [1.29, 1.82) is 0 Å². The number of carboxylic acid groups (broad SMARTS) is 1. The molecular formula is C20H29NO4. The molecule has 0 aliphatic heterocycles. The maximum atomic E-state index is 12.7. The van der Waals surface area contributed by atoms with Gasteiger partial charge in [-0.25, -0.2) is 0 Å². The molecular weight excluding hydrogens is 318 g/mol. The van der Waals surface area contributed by atoms with Gasteiger partial charge >= 0.3 is 5.97 Å². The van der Waals surface area contributed by atoms with Crippen LogP contribution in [0.15, 0.2) is 24.3 Å². The second-order valence-electron chi connectivity index (χ2n) is 7.21. The predicted molar refractivity (Wildman–Crippen MR) is 96.4 cm³/mol. The highest BCUT2D eigenvalue weighted by molar-refractivity contribution is 5.81. The summed E-state index contributed by atoms with van der Waals surface area (Å²) >= 11 is 0. The summed E-state index contributed by atoms with van der Waals surface area (Å²) < 4.78 is 5.73. The Morgan fingerprint density at radius 1 is 1.24 bits per heavy atom. The van der Waals surface area contributed by atoms with E-state index >= 15 is 0 Å². The maximum absolute atomic E-state index is 12.7. The van der Waals surface area contributed by atoms with Gasteiger partial charge in [0.25, 0.3) is 0 Å². The van der Waals surface area contributed by atoms with Crippen molar-refractivity contribution >= 4 is 11.9 Å². The molecule has 1 aliphatic carbocycles. The van der Waals surface area contributed by atoms with Gasteiger partial charge in [0, 0.05) is 11.5 Å². The topological polar surface area (TPSA) is 75.6 Å². The van der Waals surface area contributed by atoms with Crippen molar-refractivity contribution in [2.24, 2.45) is 17.8 Å². The Kier molecular flexibility index (Phi) is 6.85. The van der Waals surface area contributed by atoms with Gasteiger partial charge in [0.05, 0.1) is 18.6 Å². The fraction of sp³-hybridized carbons (Fsp3) is 0.600. The van der Waals surface area contributed by atoms with E-state index in [1.54, 1.807) is 0 Å². The fourth-order valence-electron chi connectivity index (χ4n) is 3.52. The molecule has 1 aromatic carbocycles. The molecule has 5 heteroatoms.